The van der Waals surface area contributed by atoms with Gasteiger partial charge in [-0.1, -0.05) is 160 Å². The molecule has 0 spiro atoms. The Morgan fingerprint density at radius 3 is 1.78 bits per heavy atom. The molecule has 0 saturated heterocycles. The Bertz CT molecular complexity index is 3390. The van der Waals surface area contributed by atoms with E-state index in [9.17, 15) is 0 Å². The highest BCUT2D eigenvalue weighted by Gasteiger charge is 2.24. The number of fused-ring (bicyclic) bond motifs is 11. The van der Waals surface area contributed by atoms with Gasteiger partial charge in [-0.3, -0.25) is 0 Å². The first kappa shape index (κ1) is 41.8. The third-order valence-corrected chi connectivity index (χ3v) is 10.8. The molecule has 0 aliphatic heterocycles. The summed E-state index contributed by atoms with van der Waals surface area (Å²) in [7, 11) is 0. The number of furan rings is 1. The number of para-hydroxylation sites is 3. The lowest BCUT2D eigenvalue weighted by atomic mass is 10.1. The summed E-state index contributed by atoms with van der Waals surface area (Å²) >= 11 is 0. The number of nitrogens with two attached hydrogens (primary N) is 1. The molecule has 3 N–H and O–H groups in total. The highest BCUT2D eigenvalue weighted by molar-refractivity contribution is 6.32. The van der Waals surface area contributed by atoms with Gasteiger partial charge in [-0.15, -0.1) is 6.58 Å². The van der Waals surface area contributed by atoms with Crippen molar-refractivity contribution >= 4 is 77.0 Å². The number of allylic oxidation sites excluding steroid dienone is 2. The number of hydrogen-bond acceptors (Lipinski definition) is 3. The van der Waals surface area contributed by atoms with Gasteiger partial charge >= 0.3 is 0 Å². The number of nitrogens with zero attached hydrogens (tertiary/aromatic N) is 2. The molecule has 0 aliphatic carbocycles. The summed E-state index contributed by atoms with van der Waals surface area (Å²) in [5.74, 6) is 0. The molecule has 0 atom stereocenters. The summed E-state index contributed by atoms with van der Waals surface area (Å²) in [5, 5.41) is 15.1. The number of hydrogen-bond donors (Lipinski definition) is 2. The summed E-state index contributed by atoms with van der Waals surface area (Å²) < 4.78 is 11.5. The van der Waals surface area contributed by atoms with Gasteiger partial charge in [0.05, 0.1) is 33.2 Å². The fourth-order valence-corrected chi connectivity index (χ4v) is 8.28. The van der Waals surface area contributed by atoms with Crippen LogP contribution in [0.4, 0.5) is 0 Å². The van der Waals surface area contributed by atoms with E-state index in [1.54, 1.807) is 12.2 Å². The first-order valence-corrected chi connectivity index (χ1v) is 21.5. The maximum atomic E-state index is 7.95. The van der Waals surface area contributed by atoms with Crippen LogP contribution in [0.15, 0.2) is 211 Å². The lowest BCUT2D eigenvalue weighted by Crippen LogP contribution is -2.02. The number of rotatable bonds is 5. The third-order valence-electron chi connectivity index (χ3n) is 10.8. The van der Waals surface area contributed by atoms with E-state index in [0.717, 1.165) is 55.3 Å². The van der Waals surface area contributed by atoms with Crippen molar-refractivity contribution in [2.45, 2.75) is 34.1 Å². The molecule has 8 aromatic carbocycles. The average molecular weight is 821 g/mol. The van der Waals surface area contributed by atoms with E-state index in [0.29, 0.717) is 11.4 Å². The molecule has 0 fully saturated rings. The maximum Gasteiger partial charge on any atom is 0.145 e. The molecule has 3 aromatic heterocycles. The molecular weight excluding hydrogens is 769 g/mol. The molecule has 11 aromatic rings. The fourth-order valence-electron chi connectivity index (χ4n) is 8.28. The number of aromatic nitrogens is 2. The molecule has 5 nitrogen and oxygen atoms in total. The van der Waals surface area contributed by atoms with Crippen molar-refractivity contribution in [1.82, 2.24) is 9.13 Å². The SMILES string of the molecule is C=CC.CCC.Cc1cccc(-n2c3ccc4c5ccccc5oc4c3c3c2ccc2c4ccccc4n(-c4ccccc4)c23)c1.N=C(/C=C(\N)c1ccccc1)c1ccccc1. The predicted octanol–water partition coefficient (Wildman–Crippen LogP) is 15.8. The van der Waals surface area contributed by atoms with Crippen molar-refractivity contribution in [1.29, 1.82) is 5.41 Å². The fraction of sp³-hybridized carbons (Fsp3) is 0.0862. The van der Waals surface area contributed by atoms with Crippen LogP contribution < -0.4 is 5.73 Å². The van der Waals surface area contributed by atoms with Gasteiger partial charge in [0, 0.05) is 44.0 Å². The molecule has 310 valence electrons. The van der Waals surface area contributed by atoms with Gasteiger partial charge in [0.1, 0.15) is 11.2 Å². The molecule has 0 aliphatic rings. The van der Waals surface area contributed by atoms with E-state index in [1.165, 1.54) is 44.7 Å². The lowest BCUT2D eigenvalue weighted by molar-refractivity contribution is 0.673. The Kier molecular flexibility index (Phi) is 12.5. The topological polar surface area (TPSA) is 72.9 Å². The minimum atomic E-state index is 0.423. The van der Waals surface area contributed by atoms with Gasteiger partial charge in [-0.25, -0.2) is 0 Å². The van der Waals surface area contributed by atoms with E-state index in [4.69, 9.17) is 15.6 Å². The second kappa shape index (κ2) is 18.8. The summed E-state index contributed by atoms with van der Waals surface area (Å²) in [6.45, 7) is 11.7. The highest BCUT2D eigenvalue weighted by atomic mass is 16.3. The Hall–Kier alpha value is -7.89. The predicted molar refractivity (Wildman–Crippen MR) is 271 cm³/mol. The molecule has 63 heavy (non-hydrogen) atoms. The Morgan fingerprint density at radius 2 is 1.11 bits per heavy atom. The van der Waals surface area contributed by atoms with Crippen LogP contribution in [-0.2, 0) is 0 Å². The molecule has 0 unspecified atom stereocenters. The number of aryl methyl sites for hydroxylation is 1. The van der Waals surface area contributed by atoms with Crippen LogP contribution in [-0.4, -0.2) is 14.8 Å². The van der Waals surface area contributed by atoms with Gasteiger partial charge in [-0.2, -0.15) is 0 Å². The monoisotopic (exact) mass is 820 g/mol. The molecule has 0 radical (unpaired) electrons. The second-order valence-corrected chi connectivity index (χ2v) is 15.5. The Labute approximate surface area is 369 Å². The van der Waals surface area contributed by atoms with Crippen LogP contribution in [0, 0.1) is 12.3 Å². The van der Waals surface area contributed by atoms with E-state index in [1.807, 2.05) is 73.7 Å². The molecule has 0 saturated carbocycles. The van der Waals surface area contributed by atoms with Crippen LogP contribution in [0.3, 0.4) is 0 Å². The van der Waals surface area contributed by atoms with Crippen molar-refractivity contribution in [2.75, 3.05) is 0 Å². The van der Waals surface area contributed by atoms with Gasteiger partial charge < -0.3 is 24.7 Å². The van der Waals surface area contributed by atoms with Gasteiger partial charge in [0.15, 0.2) is 0 Å². The van der Waals surface area contributed by atoms with Crippen LogP contribution in [0.1, 0.15) is 43.9 Å². The molecule has 5 heteroatoms. The highest BCUT2D eigenvalue weighted by Crippen LogP contribution is 2.45. The smallest absolute Gasteiger partial charge is 0.145 e. The zero-order chi connectivity index (χ0) is 43.9. The van der Waals surface area contributed by atoms with Crippen molar-refractivity contribution in [2.24, 2.45) is 5.73 Å². The quantitative estimate of drug-likeness (QED) is 0.134. The Balaban J connectivity index is 0.000000198. The van der Waals surface area contributed by atoms with E-state index in [2.05, 4.69) is 158 Å². The lowest BCUT2D eigenvalue weighted by Gasteiger charge is -2.10. The van der Waals surface area contributed by atoms with Crippen LogP contribution >= 0.6 is 0 Å². The van der Waals surface area contributed by atoms with Crippen LogP contribution in [0.5, 0.6) is 0 Å². The summed E-state index contributed by atoms with van der Waals surface area (Å²) in [6, 6.07) is 64.8. The zero-order valence-electron chi connectivity index (χ0n) is 36.3. The van der Waals surface area contributed by atoms with Crippen molar-refractivity contribution < 1.29 is 4.42 Å². The molecule has 3 heterocycles. The zero-order valence-corrected chi connectivity index (χ0v) is 36.3. The number of nitrogens with one attached hydrogen (secondary N) is 1. The van der Waals surface area contributed by atoms with Crippen molar-refractivity contribution in [3.63, 3.8) is 0 Å². The molecule has 11 rings (SSSR count). The van der Waals surface area contributed by atoms with E-state index < -0.39 is 0 Å². The van der Waals surface area contributed by atoms with Crippen molar-refractivity contribution in [3.8, 4) is 11.4 Å². The van der Waals surface area contributed by atoms with Crippen LogP contribution in [0.25, 0.3) is 82.6 Å². The maximum absolute atomic E-state index is 7.95. The van der Waals surface area contributed by atoms with Crippen molar-refractivity contribution in [3.05, 3.63) is 223 Å². The van der Waals surface area contributed by atoms with E-state index in [-0.39, 0.29) is 0 Å². The van der Waals surface area contributed by atoms with Crippen LogP contribution in [0.2, 0.25) is 0 Å². The summed E-state index contributed by atoms with van der Waals surface area (Å²) in [4.78, 5) is 0. The average Bonchev–Trinajstić information content (AvgIpc) is 3.98. The standard InChI is InChI=1S/C37H24N2O.C15H14N2.C3H8.C3H6/c1-23-10-9-13-25(22-23)38-31-20-18-28-26-14-5-7-16-30(26)39(24-11-3-2-4-12-24)36(28)34(31)35-32(38)21-19-29-27-15-6-8-17-33(27)40-37(29)35;16-14(12-7-3-1-4-8-12)11-15(17)13-9-5-2-6-10-13;2*1-3-2/h2-22H,1H3;1-11,16H,17H2;3H2,1-2H3;3H,1H2,2H3/b;15-11-,16-14?;;. The summed E-state index contributed by atoms with van der Waals surface area (Å²) in [6.07, 6.45) is 4.69. The minimum absolute atomic E-state index is 0.423. The first-order valence-electron chi connectivity index (χ1n) is 21.5. The van der Waals surface area contributed by atoms with E-state index >= 15 is 0 Å². The first-order chi connectivity index (χ1) is 30.9. The minimum Gasteiger partial charge on any atom is -0.455 e. The number of benzene rings is 8. The second-order valence-electron chi connectivity index (χ2n) is 15.5. The normalized spacial score (nSPS) is 11.2. The van der Waals surface area contributed by atoms with Gasteiger partial charge in [0.2, 0.25) is 0 Å². The van der Waals surface area contributed by atoms with Gasteiger partial charge in [-0.05, 0) is 91.2 Å². The van der Waals surface area contributed by atoms with Gasteiger partial charge in [0.25, 0.3) is 0 Å². The molecule has 0 bridgehead atoms. The largest absolute Gasteiger partial charge is 0.455 e. The Morgan fingerprint density at radius 1 is 0.571 bits per heavy atom. The third kappa shape index (κ3) is 8.17. The summed E-state index contributed by atoms with van der Waals surface area (Å²) in [5.41, 5.74) is 18.9. The molecular formula is C58H52N4O. The molecule has 0 amide bonds.